The van der Waals surface area contributed by atoms with Gasteiger partial charge in [0, 0.05) is 42.4 Å². The first-order valence-electron chi connectivity index (χ1n) is 9.34. The lowest BCUT2D eigenvalue weighted by Gasteiger charge is -2.50. The topological polar surface area (TPSA) is 28.1 Å². The van der Waals surface area contributed by atoms with Gasteiger partial charge < -0.3 is 9.64 Å². The smallest absolute Gasteiger partial charge is 0.200 e. The van der Waals surface area contributed by atoms with E-state index < -0.39 is 5.72 Å². The van der Waals surface area contributed by atoms with E-state index in [2.05, 4.69) is 45.0 Å². The molecule has 0 saturated carbocycles. The normalized spacial score (nSPS) is 23.6. The van der Waals surface area contributed by atoms with Gasteiger partial charge in [-0.25, -0.2) is 9.40 Å². The molecule has 1 fully saturated rings. The van der Waals surface area contributed by atoms with Gasteiger partial charge in [0.1, 0.15) is 11.6 Å². The summed E-state index contributed by atoms with van der Waals surface area (Å²) in [5.41, 5.74) is 2.73. The number of halogens is 2. The summed E-state index contributed by atoms with van der Waals surface area (Å²) in [6.07, 6.45) is 2.63. The Labute approximate surface area is 166 Å². The Morgan fingerprint density at radius 3 is 2.63 bits per heavy atom. The van der Waals surface area contributed by atoms with E-state index in [0.717, 1.165) is 59.4 Å². The molecule has 2 aromatic rings. The SMILES string of the molecule is CN1CCC2(CC1)Oc1ccc(Br)cc1[C@@H]1CC(c3ccc(F)cc3)=NN12. The zero-order chi connectivity index (χ0) is 18.6. The van der Waals surface area contributed by atoms with Crippen molar-refractivity contribution in [1.82, 2.24) is 9.91 Å². The number of rotatable bonds is 1. The molecule has 140 valence electrons. The molecule has 1 spiro atoms. The molecule has 27 heavy (non-hydrogen) atoms. The molecule has 1 saturated heterocycles. The molecule has 0 aliphatic carbocycles. The third kappa shape index (κ3) is 2.86. The van der Waals surface area contributed by atoms with Crippen molar-refractivity contribution in [3.05, 3.63) is 63.9 Å². The number of fused-ring (bicyclic) bond motifs is 4. The van der Waals surface area contributed by atoms with Gasteiger partial charge in [0.15, 0.2) is 0 Å². The number of hydrazone groups is 1. The van der Waals surface area contributed by atoms with Gasteiger partial charge >= 0.3 is 0 Å². The fourth-order valence-corrected chi connectivity index (χ4v) is 4.75. The Hall–Kier alpha value is -1.92. The van der Waals surface area contributed by atoms with Gasteiger partial charge in [-0.2, -0.15) is 5.10 Å². The third-order valence-corrected chi connectivity index (χ3v) is 6.40. The molecule has 0 aromatic heterocycles. The molecule has 3 aliphatic heterocycles. The highest BCUT2D eigenvalue weighted by Gasteiger charge is 2.51. The molecule has 3 aliphatic rings. The predicted molar refractivity (Wildman–Crippen MR) is 106 cm³/mol. The van der Waals surface area contributed by atoms with E-state index in [4.69, 9.17) is 9.84 Å². The van der Waals surface area contributed by atoms with Crippen LogP contribution in [0.1, 0.15) is 36.4 Å². The van der Waals surface area contributed by atoms with Crippen molar-refractivity contribution in [3.63, 3.8) is 0 Å². The quantitative estimate of drug-likeness (QED) is 0.665. The van der Waals surface area contributed by atoms with Crippen molar-refractivity contribution in [2.75, 3.05) is 20.1 Å². The minimum absolute atomic E-state index is 0.148. The van der Waals surface area contributed by atoms with Crippen molar-refractivity contribution in [3.8, 4) is 5.75 Å². The van der Waals surface area contributed by atoms with Crippen LogP contribution in [0, 0.1) is 5.82 Å². The fourth-order valence-electron chi connectivity index (χ4n) is 4.37. The largest absolute Gasteiger partial charge is 0.466 e. The second-order valence-corrected chi connectivity index (χ2v) is 8.57. The molecule has 0 amide bonds. The number of piperidine rings is 1. The van der Waals surface area contributed by atoms with Gasteiger partial charge in [0.2, 0.25) is 5.72 Å². The van der Waals surface area contributed by atoms with Gasteiger partial charge in [0.05, 0.1) is 11.8 Å². The van der Waals surface area contributed by atoms with E-state index in [1.807, 2.05) is 18.2 Å². The van der Waals surface area contributed by atoms with E-state index in [-0.39, 0.29) is 11.9 Å². The molecule has 5 rings (SSSR count). The first-order chi connectivity index (χ1) is 13.0. The number of hydrogen-bond donors (Lipinski definition) is 0. The predicted octanol–water partition coefficient (Wildman–Crippen LogP) is 4.55. The van der Waals surface area contributed by atoms with Crippen LogP contribution in [-0.4, -0.2) is 41.5 Å². The lowest BCUT2D eigenvalue weighted by molar-refractivity contribution is -0.147. The van der Waals surface area contributed by atoms with Crippen molar-refractivity contribution >= 4 is 21.6 Å². The maximum atomic E-state index is 13.4. The number of hydrogen-bond acceptors (Lipinski definition) is 4. The highest BCUT2D eigenvalue weighted by molar-refractivity contribution is 9.10. The monoisotopic (exact) mass is 429 g/mol. The molecule has 3 heterocycles. The first kappa shape index (κ1) is 17.2. The van der Waals surface area contributed by atoms with E-state index >= 15 is 0 Å². The van der Waals surface area contributed by atoms with Gasteiger partial charge in [-0.05, 0) is 42.9 Å². The molecule has 0 radical (unpaired) electrons. The summed E-state index contributed by atoms with van der Waals surface area (Å²) in [5.74, 6) is 0.735. The van der Waals surface area contributed by atoms with Crippen LogP contribution < -0.4 is 4.74 Å². The van der Waals surface area contributed by atoms with Gasteiger partial charge in [-0.1, -0.05) is 28.1 Å². The van der Waals surface area contributed by atoms with E-state index in [9.17, 15) is 4.39 Å². The molecule has 1 atom stereocenters. The van der Waals surface area contributed by atoms with Crippen LogP contribution in [0.3, 0.4) is 0 Å². The van der Waals surface area contributed by atoms with E-state index in [0.29, 0.717) is 0 Å². The Kier molecular flexibility index (Phi) is 4.02. The molecule has 0 N–H and O–H groups in total. The summed E-state index contributed by atoms with van der Waals surface area (Å²) in [5, 5.41) is 7.20. The van der Waals surface area contributed by atoms with Crippen molar-refractivity contribution in [2.45, 2.75) is 31.0 Å². The summed E-state index contributed by atoms with van der Waals surface area (Å²) in [6.45, 7) is 1.97. The molecular weight excluding hydrogens is 409 g/mol. The van der Waals surface area contributed by atoms with Gasteiger partial charge in [-0.3, -0.25) is 0 Å². The lowest BCUT2D eigenvalue weighted by atomic mass is 9.91. The summed E-state index contributed by atoms with van der Waals surface area (Å²) >= 11 is 3.59. The van der Waals surface area contributed by atoms with Crippen LogP contribution in [-0.2, 0) is 0 Å². The summed E-state index contributed by atoms with van der Waals surface area (Å²) < 4.78 is 21.0. The highest BCUT2D eigenvalue weighted by Crippen LogP contribution is 2.50. The van der Waals surface area contributed by atoms with Crippen LogP contribution >= 0.6 is 15.9 Å². The Balaban J connectivity index is 1.58. The minimum Gasteiger partial charge on any atom is -0.466 e. The molecule has 0 bridgehead atoms. The lowest BCUT2D eigenvalue weighted by Crippen LogP contribution is -2.58. The van der Waals surface area contributed by atoms with E-state index in [1.165, 1.54) is 12.1 Å². The summed E-state index contributed by atoms with van der Waals surface area (Å²) in [7, 11) is 2.15. The minimum atomic E-state index is -0.403. The number of benzene rings is 2. The van der Waals surface area contributed by atoms with Gasteiger partial charge in [0.25, 0.3) is 0 Å². The van der Waals surface area contributed by atoms with Crippen molar-refractivity contribution in [1.29, 1.82) is 0 Å². The fraction of sp³-hybridized carbons (Fsp3) is 0.381. The van der Waals surface area contributed by atoms with Crippen LogP contribution in [0.5, 0.6) is 5.75 Å². The van der Waals surface area contributed by atoms with Crippen LogP contribution in [0.25, 0.3) is 0 Å². The van der Waals surface area contributed by atoms with Crippen LogP contribution in [0.2, 0.25) is 0 Å². The molecular formula is C21H21BrFN3O. The number of nitrogens with zero attached hydrogens (tertiary/aromatic N) is 3. The molecule has 0 unspecified atom stereocenters. The van der Waals surface area contributed by atoms with Crippen LogP contribution in [0.15, 0.2) is 52.0 Å². The third-order valence-electron chi connectivity index (χ3n) is 5.90. The van der Waals surface area contributed by atoms with E-state index in [1.54, 1.807) is 0 Å². The second kappa shape index (κ2) is 6.31. The summed E-state index contributed by atoms with van der Waals surface area (Å²) in [6, 6.07) is 13.0. The van der Waals surface area contributed by atoms with Gasteiger partial charge in [-0.15, -0.1) is 0 Å². The molecule has 2 aromatic carbocycles. The van der Waals surface area contributed by atoms with Crippen LogP contribution in [0.4, 0.5) is 4.39 Å². The summed E-state index contributed by atoms with van der Waals surface area (Å²) in [4.78, 5) is 2.33. The van der Waals surface area contributed by atoms with Crippen molar-refractivity contribution < 1.29 is 9.13 Å². The van der Waals surface area contributed by atoms with Crippen molar-refractivity contribution in [2.24, 2.45) is 5.10 Å². The Morgan fingerprint density at radius 1 is 1.15 bits per heavy atom. The Morgan fingerprint density at radius 2 is 1.89 bits per heavy atom. The highest BCUT2D eigenvalue weighted by atomic mass is 79.9. The standard InChI is InChI=1S/C21H21BrFN3O/c1-25-10-8-21(9-11-25)26-19(17-12-15(22)4-7-20(17)27-21)13-18(24-26)14-2-5-16(23)6-3-14/h2-7,12,19H,8-11,13H2,1H3/t19-/m0/s1. The maximum Gasteiger partial charge on any atom is 0.200 e. The molecule has 6 heteroatoms. The average Bonchev–Trinajstić information content (AvgIpc) is 3.12. The zero-order valence-electron chi connectivity index (χ0n) is 15.2. The maximum absolute atomic E-state index is 13.4. The molecule has 4 nitrogen and oxygen atoms in total. The Bertz CT molecular complexity index is 906. The second-order valence-electron chi connectivity index (χ2n) is 7.65. The zero-order valence-corrected chi connectivity index (χ0v) is 16.7. The average molecular weight is 430 g/mol. The number of ether oxygens (including phenoxy) is 1. The first-order valence-corrected chi connectivity index (χ1v) is 10.1. The number of likely N-dealkylation sites (tertiary alicyclic amines) is 1.